The Balaban J connectivity index is 3.18. The molecule has 60 valence electrons. The highest BCUT2D eigenvalue weighted by molar-refractivity contribution is 4.85. The van der Waals surface area contributed by atoms with Crippen LogP contribution in [0.5, 0.6) is 0 Å². The number of rotatable bonds is 5. The van der Waals surface area contributed by atoms with Gasteiger partial charge in [0, 0.05) is 6.61 Å². The van der Waals surface area contributed by atoms with Gasteiger partial charge in [0.05, 0.1) is 0 Å². The van der Waals surface area contributed by atoms with Crippen LogP contribution in [0.1, 0.15) is 33.1 Å². The van der Waals surface area contributed by atoms with E-state index in [9.17, 15) is 0 Å². The molecule has 1 heteroatoms. The first-order valence-corrected chi connectivity index (χ1v) is 4.08. The minimum absolute atomic E-state index is 0.266. The predicted octanol–water partition coefficient (Wildman–Crippen LogP) is 2.36. The van der Waals surface area contributed by atoms with Gasteiger partial charge in [0.2, 0.25) is 0 Å². The summed E-state index contributed by atoms with van der Waals surface area (Å²) in [6.45, 7) is 4.47. The van der Waals surface area contributed by atoms with E-state index in [1.807, 2.05) is 6.92 Å². The number of allylic oxidation sites excluding steroid dienone is 1. The lowest BCUT2D eigenvalue weighted by Gasteiger charge is -1.97. The average Bonchev–Trinajstić information content (AvgIpc) is 1.98. The summed E-state index contributed by atoms with van der Waals surface area (Å²) in [4.78, 5) is 0. The van der Waals surface area contributed by atoms with Crippen molar-refractivity contribution in [2.24, 2.45) is 5.92 Å². The summed E-state index contributed by atoms with van der Waals surface area (Å²) >= 11 is 0. The quantitative estimate of drug-likeness (QED) is 0.461. The fourth-order valence-electron chi connectivity index (χ4n) is 0.711. The fraction of sp³-hybridized carbons (Fsp3) is 0.778. The van der Waals surface area contributed by atoms with Gasteiger partial charge in [0.15, 0.2) is 0 Å². The van der Waals surface area contributed by atoms with Crippen LogP contribution in [0.3, 0.4) is 0 Å². The van der Waals surface area contributed by atoms with Crippen molar-refractivity contribution < 1.29 is 5.11 Å². The van der Waals surface area contributed by atoms with Crippen LogP contribution < -0.4 is 0 Å². The number of hydrogen-bond donors (Lipinski definition) is 1. The second kappa shape index (κ2) is 6.81. The van der Waals surface area contributed by atoms with Crippen molar-refractivity contribution in [3.8, 4) is 0 Å². The largest absolute Gasteiger partial charge is 0.396 e. The Morgan fingerprint density at radius 2 is 2.20 bits per heavy atom. The molecule has 1 nitrogen and oxygen atoms in total. The molecule has 0 heterocycles. The molecule has 0 saturated carbocycles. The Bertz CT molecular complexity index is 86.7. The van der Waals surface area contributed by atoms with Crippen LogP contribution in [-0.4, -0.2) is 11.7 Å². The lowest BCUT2D eigenvalue weighted by atomic mass is 10.1. The second-order valence-corrected chi connectivity index (χ2v) is 2.73. The van der Waals surface area contributed by atoms with Gasteiger partial charge in [-0.2, -0.15) is 0 Å². The van der Waals surface area contributed by atoms with Crippen LogP contribution in [0.15, 0.2) is 12.2 Å². The van der Waals surface area contributed by atoms with Gasteiger partial charge in [0.1, 0.15) is 0 Å². The smallest absolute Gasteiger partial charge is 0.0491 e. The number of aliphatic hydroxyl groups is 1. The SMILES string of the molecule is CCCC/C=C\[C@@H](C)CO. The molecule has 0 spiro atoms. The highest BCUT2D eigenvalue weighted by atomic mass is 16.3. The van der Waals surface area contributed by atoms with Gasteiger partial charge in [-0.3, -0.25) is 0 Å². The lowest BCUT2D eigenvalue weighted by Crippen LogP contribution is -1.94. The van der Waals surface area contributed by atoms with Crippen molar-refractivity contribution in [1.29, 1.82) is 0 Å². The third-order valence-electron chi connectivity index (χ3n) is 1.48. The van der Waals surface area contributed by atoms with Gasteiger partial charge in [-0.05, 0) is 12.3 Å². The first-order valence-electron chi connectivity index (χ1n) is 4.08. The molecule has 0 rings (SSSR count). The van der Waals surface area contributed by atoms with E-state index >= 15 is 0 Å². The molecule has 1 atom stereocenters. The van der Waals surface area contributed by atoms with E-state index in [0.717, 1.165) is 6.42 Å². The van der Waals surface area contributed by atoms with Gasteiger partial charge in [-0.15, -0.1) is 0 Å². The summed E-state index contributed by atoms with van der Waals surface area (Å²) in [7, 11) is 0. The zero-order valence-electron chi connectivity index (χ0n) is 7.01. The van der Waals surface area contributed by atoms with Crippen LogP contribution >= 0.6 is 0 Å². The van der Waals surface area contributed by atoms with E-state index < -0.39 is 0 Å². The molecule has 0 aliphatic rings. The molecule has 0 unspecified atom stereocenters. The van der Waals surface area contributed by atoms with Crippen molar-refractivity contribution in [3.63, 3.8) is 0 Å². The molecular weight excluding hydrogens is 124 g/mol. The minimum Gasteiger partial charge on any atom is -0.396 e. The Labute approximate surface area is 63.8 Å². The molecule has 0 aromatic heterocycles. The van der Waals surface area contributed by atoms with Crippen molar-refractivity contribution in [1.82, 2.24) is 0 Å². The van der Waals surface area contributed by atoms with E-state index in [1.165, 1.54) is 12.8 Å². The van der Waals surface area contributed by atoms with Crippen molar-refractivity contribution in [2.75, 3.05) is 6.61 Å². The third-order valence-corrected chi connectivity index (χ3v) is 1.48. The van der Waals surface area contributed by atoms with Crippen LogP contribution in [0.2, 0.25) is 0 Å². The maximum Gasteiger partial charge on any atom is 0.0491 e. The fourth-order valence-corrected chi connectivity index (χ4v) is 0.711. The van der Waals surface area contributed by atoms with Gasteiger partial charge in [-0.25, -0.2) is 0 Å². The molecule has 0 aromatic rings. The topological polar surface area (TPSA) is 20.2 Å². The summed E-state index contributed by atoms with van der Waals surface area (Å²) < 4.78 is 0. The van der Waals surface area contributed by atoms with E-state index in [1.54, 1.807) is 0 Å². The first-order chi connectivity index (χ1) is 4.81. The maximum atomic E-state index is 8.64. The molecule has 0 saturated heterocycles. The number of hydrogen-bond acceptors (Lipinski definition) is 1. The molecule has 0 bridgehead atoms. The molecular formula is C9H18O. The summed E-state index contributed by atoms with van der Waals surface area (Å²) in [5, 5.41) is 8.64. The van der Waals surface area contributed by atoms with E-state index in [2.05, 4.69) is 19.1 Å². The molecule has 0 radical (unpaired) electrons. The molecule has 10 heavy (non-hydrogen) atoms. The normalized spacial score (nSPS) is 14.3. The first kappa shape index (κ1) is 9.70. The lowest BCUT2D eigenvalue weighted by molar-refractivity contribution is 0.262. The summed E-state index contributed by atoms with van der Waals surface area (Å²) in [6, 6.07) is 0. The van der Waals surface area contributed by atoms with Gasteiger partial charge >= 0.3 is 0 Å². The standard InChI is InChI=1S/C9H18O/c1-3-4-5-6-7-9(2)8-10/h6-7,9-10H,3-5,8H2,1-2H3/b7-6-/t9-/m1/s1. The monoisotopic (exact) mass is 142 g/mol. The zero-order valence-corrected chi connectivity index (χ0v) is 7.01. The van der Waals surface area contributed by atoms with E-state index in [0.29, 0.717) is 5.92 Å². The highest BCUT2D eigenvalue weighted by Gasteiger charge is 1.89. The van der Waals surface area contributed by atoms with Crippen molar-refractivity contribution in [2.45, 2.75) is 33.1 Å². The number of unbranched alkanes of at least 4 members (excludes halogenated alkanes) is 2. The number of aliphatic hydroxyl groups excluding tert-OH is 1. The predicted molar refractivity (Wildman–Crippen MR) is 44.9 cm³/mol. The Kier molecular flexibility index (Phi) is 6.61. The Morgan fingerprint density at radius 3 is 2.70 bits per heavy atom. The minimum atomic E-state index is 0.266. The van der Waals surface area contributed by atoms with Crippen molar-refractivity contribution in [3.05, 3.63) is 12.2 Å². The van der Waals surface area contributed by atoms with Gasteiger partial charge in [-0.1, -0.05) is 38.8 Å². The summed E-state index contributed by atoms with van der Waals surface area (Å²) in [5.41, 5.74) is 0. The Hall–Kier alpha value is -0.300. The molecule has 0 amide bonds. The van der Waals surface area contributed by atoms with Gasteiger partial charge in [0.25, 0.3) is 0 Å². The van der Waals surface area contributed by atoms with E-state index in [4.69, 9.17) is 5.11 Å². The summed E-state index contributed by atoms with van der Waals surface area (Å²) in [6.07, 6.45) is 7.90. The zero-order chi connectivity index (χ0) is 7.82. The molecule has 1 N–H and O–H groups in total. The maximum absolute atomic E-state index is 8.64. The Morgan fingerprint density at radius 1 is 1.50 bits per heavy atom. The molecule has 0 fully saturated rings. The van der Waals surface area contributed by atoms with E-state index in [-0.39, 0.29) is 6.61 Å². The van der Waals surface area contributed by atoms with Crippen LogP contribution in [0, 0.1) is 5.92 Å². The molecule has 0 aromatic carbocycles. The molecule has 0 aliphatic heterocycles. The van der Waals surface area contributed by atoms with Crippen LogP contribution in [0.4, 0.5) is 0 Å². The average molecular weight is 142 g/mol. The van der Waals surface area contributed by atoms with Crippen LogP contribution in [-0.2, 0) is 0 Å². The van der Waals surface area contributed by atoms with Crippen LogP contribution in [0.25, 0.3) is 0 Å². The highest BCUT2D eigenvalue weighted by Crippen LogP contribution is 1.99. The summed E-state index contributed by atoms with van der Waals surface area (Å²) in [5.74, 6) is 0.330. The van der Waals surface area contributed by atoms with Gasteiger partial charge < -0.3 is 5.11 Å². The third kappa shape index (κ3) is 5.83. The molecule has 0 aliphatic carbocycles. The second-order valence-electron chi connectivity index (χ2n) is 2.73. The van der Waals surface area contributed by atoms with Crippen molar-refractivity contribution >= 4 is 0 Å².